The SMILES string of the molecule is CCNC(=NCc1ccc(C(=O)N(C)C)cc1)NCC1CCCO1.I. The first-order valence-electron chi connectivity index (χ1n) is 8.54. The minimum Gasteiger partial charge on any atom is -0.376 e. The van der Waals surface area contributed by atoms with Gasteiger partial charge in [0.1, 0.15) is 0 Å². The topological polar surface area (TPSA) is 66.0 Å². The number of rotatable bonds is 6. The molecule has 0 aliphatic carbocycles. The molecule has 1 heterocycles. The Balaban J connectivity index is 0.00000312. The summed E-state index contributed by atoms with van der Waals surface area (Å²) in [6.07, 6.45) is 2.52. The summed E-state index contributed by atoms with van der Waals surface area (Å²) in [5.41, 5.74) is 1.76. The second-order valence-corrected chi connectivity index (χ2v) is 6.11. The molecule has 7 heteroatoms. The molecule has 6 nitrogen and oxygen atoms in total. The average Bonchev–Trinajstić information content (AvgIpc) is 3.10. The molecule has 1 fully saturated rings. The summed E-state index contributed by atoms with van der Waals surface area (Å²) in [7, 11) is 3.51. The van der Waals surface area contributed by atoms with E-state index in [0.29, 0.717) is 12.1 Å². The van der Waals surface area contributed by atoms with E-state index in [0.717, 1.165) is 44.1 Å². The lowest BCUT2D eigenvalue weighted by atomic mass is 10.1. The number of benzene rings is 1. The molecule has 0 spiro atoms. The van der Waals surface area contributed by atoms with Crippen molar-refractivity contribution < 1.29 is 9.53 Å². The summed E-state index contributed by atoms with van der Waals surface area (Å²) >= 11 is 0. The second-order valence-electron chi connectivity index (χ2n) is 6.11. The monoisotopic (exact) mass is 460 g/mol. The number of hydrogen-bond donors (Lipinski definition) is 2. The number of nitrogens with zero attached hydrogens (tertiary/aromatic N) is 2. The standard InChI is InChI=1S/C18H28N4O2.HI/c1-4-19-18(21-13-16-6-5-11-24-16)20-12-14-7-9-15(10-8-14)17(23)22(2)3;/h7-10,16H,4-6,11-13H2,1-3H3,(H2,19,20,21);1H. The van der Waals surface area contributed by atoms with Gasteiger partial charge >= 0.3 is 0 Å². The number of halogens is 1. The minimum absolute atomic E-state index is 0. The third-order valence-corrected chi connectivity index (χ3v) is 3.89. The zero-order valence-electron chi connectivity index (χ0n) is 15.2. The van der Waals surface area contributed by atoms with Gasteiger partial charge in [0.2, 0.25) is 0 Å². The second kappa shape index (κ2) is 11.3. The van der Waals surface area contributed by atoms with Crippen LogP contribution in [-0.2, 0) is 11.3 Å². The molecule has 0 saturated carbocycles. The van der Waals surface area contributed by atoms with Crippen molar-refractivity contribution >= 4 is 35.8 Å². The third-order valence-electron chi connectivity index (χ3n) is 3.89. The van der Waals surface area contributed by atoms with E-state index in [1.165, 1.54) is 0 Å². The lowest BCUT2D eigenvalue weighted by Gasteiger charge is -2.15. The van der Waals surface area contributed by atoms with Crippen LogP contribution >= 0.6 is 24.0 Å². The number of hydrogen-bond acceptors (Lipinski definition) is 3. The molecule has 1 amide bonds. The van der Waals surface area contributed by atoms with Crippen LogP contribution in [0.25, 0.3) is 0 Å². The fourth-order valence-electron chi connectivity index (χ4n) is 2.54. The number of carbonyl (C=O) groups is 1. The van der Waals surface area contributed by atoms with Crippen LogP contribution in [0.1, 0.15) is 35.7 Å². The Bertz CT molecular complexity index is 555. The lowest BCUT2D eigenvalue weighted by molar-refractivity contribution is 0.0827. The Morgan fingerprint density at radius 1 is 1.28 bits per heavy atom. The van der Waals surface area contributed by atoms with Gasteiger partial charge in [-0.2, -0.15) is 0 Å². The quantitative estimate of drug-likeness (QED) is 0.389. The lowest BCUT2D eigenvalue weighted by Crippen LogP contribution is -2.41. The minimum atomic E-state index is 0. The predicted molar refractivity (Wildman–Crippen MR) is 112 cm³/mol. The first-order valence-corrected chi connectivity index (χ1v) is 8.54. The molecule has 1 unspecified atom stereocenters. The van der Waals surface area contributed by atoms with E-state index in [1.54, 1.807) is 19.0 Å². The van der Waals surface area contributed by atoms with Crippen LogP contribution in [0.5, 0.6) is 0 Å². The number of guanidine groups is 1. The van der Waals surface area contributed by atoms with Gasteiger partial charge in [0.15, 0.2) is 5.96 Å². The molecule has 1 atom stereocenters. The van der Waals surface area contributed by atoms with Crippen molar-refractivity contribution in [2.75, 3.05) is 33.8 Å². The number of nitrogens with one attached hydrogen (secondary N) is 2. The van der Waals surface area contributed by atoms with Crippen LogP contribution in [0.15, 0.2) is 29.3 Å². The van der Waals surface area contributed by atoms with Crippen LogP contribution in [-0.4, -0.2) is 56.7 Å². The normalized spacial score (nSPS) is 16.9. The Hall–Kier alpha value is -1.35. The molecule has 1 saturated heterocycles. The molecular weight excluding hydrogens is 431 g/mol. The fraction of sp³-hybridized carbons (Fsp3) is 0.556. The smallest absolute Gasteiger partial charge is 0.253 e. The van der Waals surface area contributed by atoms with E-state index in [4.69, 9.17) is 4.74 Å². The average molecular weight is 460 g/mol. The van der Waals surface area contributed by atoms with E-state index in [2.05, 4.69) is 15.6 Å². The van der Waals surface area contributed by atoms with Gasteiger partial charge in [-0.3, -0.25) is 4.79 Å². The molecule has 140 valence electrons. The van der Waals surface area contributed by atoms with Crippen molar-refractivity contribution in [3.63, 3.8) is 0 Å². The van der Waals surface area contributed by atoms with Crippen molar-refractivity contribution in [1.29, 1.82) is 0 Å². The third kappa shape index (κ3) is 7.19. The van der Waals surface area contributed by atoms with E-state index < -0.39 is 0 Å². The van der Waals surface area contributed by atoms with Gasteiger partial charge in [-0.15, -0.1) is 24.0 Å². The molecule has 2 rings (SSSR count). The van der Waals surface area contributed by atoms with Crippen molar-refractivity contribution in [3.05, 3.63) is 35.4 Å². The van der Waals surface area contributed by atoms with E-state index in [-0.39, 0.29) is 36.0 Å². The highest BCUT2D eigenvalue weighted by Gasteiger charge is 2.15. The van der Waals surface area contributed by atoms with Crippen LogP contribution < -0.4 is 10.6 Å². The van der Waals surface area contributed by atoms with E-state index in [9.17, 15) is 4.79 Å². The summed E-state index contributed by atoms with van der Waals surface area (Å²) in [5.74, 6) is 0.804. The first kappa shape index (κ1) is 21.7. The van der Waals surface area contributed by atoms with Crippen molar-refractivity contribution in [3.8, 4) is 0 Å². The summed E-state index contributed by atoms with van der Waals surface area (Å²) in [5, 5.41) is 6.57. The summed E-state index contributed by atoms with van der Waals surface area (Å²) in [6, 6.07) is 7.59. The van der Waals surface area contributed by atoms with Gasteiger partial charge in [-0.1, -0.05) is 12.1 Å². The maximum Gasteiger partial charge on any atom is 0.253 e. The number of ether oxygens (including phenoxy) is 1. The summed E-state index contributed by atoms with van der Waals surface area (Å²) < 4.78 is 5.62. The highest BCUT2D eigenvalue weighted by Crippen LogP contribution is 2.10. The zero-order valence-corrected chi connectivity index (χ0v) is 17.6. The molecule has 0 aromatic heterocycles. The van der Waals surface area contributed by atoms with Crippen molar-refractivity contribution in [2.24, 2.45) is 4.99 Å². The molecule has 0 radical (unpaired) electrons. The maximum atomic E-state index is 11.9. The summed E-state index contributed by atoms with van der Waals surface area (Å²) in [6.45, 7) is 5.07. The Labute approximate surface area is 167 Å². The number of carbonyl (C=O) groups excluding carboxylic acids is 1. The molecule has 1 aromatic carbocycles. The number of aliphatic imine (C=N–C) groups is 1. The van der Waals surface area contributed by atoms with Crippen molar-refractivity contribution in [2.45, 2.75) is 32.4 Å². The fourth-order valence-corrected chi connectivity index (χ4v) is 2.54. The largest absolute Gasteiger partial charge is 0.376 e. The number of amides is 1. The Kier molecular flexibility index (Phi) is 9.81. The van der Waals surface area contributed by atoms with Gasteiger partial charge in [0.05, 0.1) is 12.6 Å². The van der Waals surface area contributed by atoms with Crippen LogP contribution in [0.3, 0.4) is 0 Å². The van der Waals surface area contributed by atoms with Crippen molar-refractivity contribution in [1.82, 2.24) is 15.5 Å². The maximum absolute atomic E-state index is 11.9. The Morgan fingerprint density at radius 3 is 2.56 bits per heavy atom. The van der Waals surface area contributed by atoms with Crippen LogP contribution in [0.2, 0.25) is 0 Å². The summed E-state index contributed by atoms with van der Waals surface area (Å²) in [4.78, 5) is 18.1. The molecule has 2 N–H and O–H groups in total. The molecule has 0 bridgehead atoms. The van der Waals surface area contributed by atoms with E-state index >= 15 is 0 Å². The van der Waals surface area contributed by atoms with E-state index in [1.807, 2.05) is 31.2 Å². The zero-order chi connectivity index (χ0) is 17.4. The highest BCUT2D eigenvalue weighted by molar-refractivity contribution is 14.0. The van der Waals surface area contributed by atoms with Gasteiger partial charge in [-0.05, 0) is 37.5 Å². The van der Waals surface area contributed by atoms with Gasteiger partial charge in [0, 0.05) is 39.4 Å². The highest BCUT2D eigenvalue weighted by atomic mass is 127. The van der Waals surface area contributed by atoms with Crippen LogP contribution in [0.4, 0.5) is 0 Å². The van der Waals surface area contributed by atoms with Gasteiger partial charge in [-0.25, -0.2) is 4.99 Å². The molecular formula is C18H29IN4O2. The van der Waals surface area contributed by atoms with Gasteiger partial charge < -0.3 is 20.3 Å². The predicted octanol–water partition coefficient (Wildman–Crippen LogP) is 2.24. The molecule has 25 heavy (non-hydrogen) atoms. The molecule has 1 aliphatic heterocycles. The van der Waals surface area contributed by atoms with Crippen LogP contribution in [0, 0.1) is 0 Å². The van der Waals surface area contributed by atoms with Gasteiger partial charge in [0.25, 0.3) is 5.91 Å². The molecule has 1 aliphatic rings. The first-order chi connectivity index (χ1) is 11.6. The Morgan fingerprint density at radius 2 is 2.00 bits per heavy atom. The molecule has 1 aromatic rings.